The van der Waals surface area contributed by atoms with Gasteiger partial charge in [0.15, 0.2) is 0 Å². The first-order valence-corrected chi connectivity index (χ1v) is 11.9. The Hall–Kier alpha value is -4.50. The van der Waals surface area contributed by atoms with Crippen LogP contribution in [-0.2, 0) is 9.53 Å². The van der Waals surface area contributed by atoms with Crippen LogP contribution in [-0.4, -0.2) is 21.9 Å². The lowest BCUT2D eigenvalue weighted by Crippen LogP contribution is -2.16. The summed E-state index contributed by atoms with van der Waals surface area (Å²) in [4.78, 5) is 28.1. The van der Waals surface area contributed by atoms with Crippen molar-refractivity contribution in [3.63, 3.8) is 0 Å². The molecule has 0 aliphatic rings. The molecule has 5 rings (SSSR count). The van der Waals surface area contributed by atoms with E-state index < -0.39 is 6.09 Å². The molecule has 0 spiro atoms. The number of anilines is 1. The second-order valence-corrected chi connectivity index (χ2v) is 8.80. The Morgan fingerprint density at radius 3 is 2.53 bits per heavy atom. The van der Waals surface area contributed by atoms with Gasteiger partial charge < -0.3 is 13.9 Å². The van der Waals surface area contributed by atoms with Crippen LogP contribution in [0.5, 0.6) is 5.95 Å². The van der Waals surface area contributed by atoms with E-state index in [2.05, 4.69) is 14.7 Å². The molecule has 5 aromatic rings. The Balaban J connectivity index is 1.37. The number of aromatic nitrogens is 2. The van der Waals surface area contributed by atoms with Crippen LogP contribution in [0.4, 0.5) is 10.5 Å². The molecule has 0 aliphatic carbocycles. The number of carbonyl (C=O) groups is 2. The van der Waals surface area contributed by atoms with E-state index in [1.165, 1.54) is 17.7 Å². The predicted octanol–water partition coefficient (Wildman–Crippen LogP) is 6.77. The van der Waals surface area contributed by atoms with Gasteiger partial charge in [-0.2, -0.15) is 4.37 Å². The van der Waals surface area contributed by atoms with E-state index in [1.54, 1.807) is 0 Å². The van der Waals surface area contributed by atoms with Gasteiger partial charge in [0.1, 0.15) is 12.3 Å². The minimum absolute atomic E-state index is 0.0349. The third-order valence-electron chi connectivity index (χ3n) is 5.64. The second kappa shape index (κ2) is 10.0. The minimum atomic E-state index is -0.537. The summed E-state index contributed by atoms with van der Waals surface area (Å²) in [5.74, 6) is 0.387. The summed E-state index contributed by atoms with van der Waals surface area (Å²) >= 11 is 1.31. The summed E-state index contributed by atoms with van der Waals surface area (Å²) < 4.78 is 20.2. The fourth-order valence-corrected chi connectivity index (χ4v) is 4.65. The molecule has 3 aromatic carbocycles. The topological polar surface area (TPSA) is 104 Å². The second-order valence-electron chi connectivity index (χ2n) is 8.03. The lowest BCUT2D eigenvalue weighted by molar-refractivity contribution is -0.121. The summed E-state index contributed by atoms with van der Waals surface area (Å²) in [6, 6.07) is 21.3. The largest absolute Gasteiger partial charge is 0.441 e. The van der Waals surface area contributed by atoms with E-state index in [9.17, 15) is 9.59 Å². The number of aryl methyl sites for hydroxylation is 1. The molecular formula is C27H21N3O5S. The number of nitrogens with one attached hydrogen (secondary N) is 1. The zero-order chi connectivity index (χ0) is 25.1. The lowest BCUT2D eigenvalue weighted by Gasteiger charge is -2.15. The monoisotopic (exact) mass is 499 g/mol. The van der Waals surface area contributed by atoms with Crippen LogP contribution in [0, 0.1) is 6.92 Å². The highest BCUT2D eigenvalue weighted by molar-refractivity contribution is 7.10. The zero-order valence-electron chi connectivity index (χ0n) is 19.4. The van der Waals surface area contributed by atoms with Gasteiger partial charge in [-0.25, -0.2) is 9.78 Å². The molecule has 1 atom stereocenters. The third-order valence-corrected chi connectivity index (χ3v) is 6.63. The lowest BCUT2D eigenvalue weighted by atomic mass is 10.0. The molecule has 1 N–H and O–H groups in total. The Bertz CT molecular complexity index is 1540. The van der Waals surface area contributed by atoms with Crippen molar-refractivity contribution in [1.29, 1.82) is 0 Å². The predicted molar refractivity (Wildman–Crippen MR) is 137 cm³/mol. The molecule has 0 aliphatic heterocycles. The molecule has 180 valence electrons. The van der Waals surface area contributed by atoms with E-state index in [1.807, 2.05) is 80.6 Å². The summed E-state index contributed by atoms with van der Waals surface area (Å²) in [6.45, 7) is 3.98. The summed E-state index contributed by atoms with van der Waals surface area (Å²) in [7, 11) is 0. The Morgan fingerprint density at radius 2 is 1.78 bits per heavy atom. The van der Waals surface area contributed by atoms with Gasteiger partial charge in [-0.15, -0.1) is 0 Å². The van der Waals surface area contributed by atoms with E-state index in [0.717, 1.165) is 32.3 Å². The summed E-state index contributed by atoms with van der Waals surface area (Å²) in [6.07, 6.45) is 0.426. The number of amides is 1. The first kappa shape index (κ1) is 23.3. The molecule has 9 heteroatoms. The number of hydrogen-bond acceptors (Lipinski definition) is 8. The van der Waals surface area contributed by atoms with Gasteiger partial charge >= 0.3 is 18.5 Å². The van der Waals surface area contributed by atoms with Crippen molar-refractivity contribution < 1.29 is 23.5 Å². The average Bonchev–Trinajstić information content (AvgIpc) is 3.51. The van der Waals surface area contributed by atoms with Gasteiger partial charge in [0.2, 0.25) is 5.89 Å². The third kappa shape index (κ3) is 4.82. The number of benzene rings is 3. The summed E-state index contributed by atoms with van der Waals surface area (Å²) in [5, 5.41) is 4.84. The first-order valence-electron chi connectivity index (χ1n) is 11.1. The molecule has 1 unspecified atom stereocenters. The zero-order valence-corrected chi connectivity index (χ0v) is 20.2. The van der Waals surface area contributed by atoms with Crippen molar-refractivity contribution in [2.75, 3.05) is 5.32 Å². The molecule has 8 nitrogen and oxygen atoms in total. The van der Waals surface area contributed by atoms with Gasteiger partial charge in [-0.3, -0.25) is 10.1 Å². The van der Waals surface area contributed by atoms with Crippen LogP contribution in [0.25, 0.3) is 32.7 Å². The average molecular weight is 500 g/mol. The number of fused-ring (bicyclic) bond motifs is 1. The number of nitrogens with zero attached hydrogens (tertiary/aromatic N) is 2. The normalized spacial score (nSPS) is 11.7. The molecule has 36 heavy (non-hydrogen) atoms. The van der Waals surface area contributed by atoms with Gasteiger partial charge in [-0.05, 0) is 65.5 Å². The van der Waals surface area contributed by atoms with Crippen molar-refractivity contribution in [3.8, 4) is 27.8 Å². The number of hydrogen-bond donors (Lipinski definition) is 1. The van der Waals surface area contributed by atoms with Gasteiger partial charge in [0.25, 0.3) is 0 Å². The maximum Gasteiger partial charge on any atom is 0.412 e. The molecular weight excluding hydrogens is 478 g/mol. The first-order chi connectivity index (χ1) is 17.5. The highest BCUT2D eigenvalue weighted by Gasteiger charge is 2.18. The van der Waals surface area contributed by atoms with Gasteiger partial charge in [0.05, 0.1) is 16.3 Å². The van der Waals surface area contributed by atoms with E-state index in [-0.39, 0.29) is 12.1 Å². The summed E-state index contributed by atoms with van der Waals surface area (Å²) in [5.41, 5.74) is 3.93. The fraction of sp³-hybridized carbons (Fsp3) is 0.111. The van der Waals surface area contributed by atoms with Crippen LogP contribution >= 0.6 is 11.5 Å². The van der Waals surface area contributed by atoms with Crippen LogP contribution in [0.3, 0.4) is 0 Å². The maximum atomic E-state index is 12.7. The van der Waals surface area contributed by atoms with Crippen molar-refractivity contribution in [2.45, 2.75) is 20.0 Å². The number of rotatable bonds is 7. The Morgan fingerprint density at radius 1 is 1.06 bits per heavy atom. The van der Waals surface area contributed by atoms with Crippen LogP contribution in [0.1, 0.15) is 24.3 Å². The maximum absolute atomic E-state index is 12.7. The highest BCUT2D eigenvalue weighted by Crippen LogP contribution is 2.37. The fourth-order valence-electron chi connectivity index (χ4n) is 3.81. The quantitative estimate of drug-likeness (QED) is 0.246. The van der Waals surface area contributed by atoms with Crippen molar-refractivity contribution in [2.24, 2.45) is 0 Å². The smallest absolute Gasteiger partial charge is 0.412 e. The Kier molecular flexibility index (Phi) is 6.46. The molecule has 1 amide bonds. The number of oxazole rings is 1. The molecule has 0 saturated heterocycles. The standard InChI is InChI=1S/C27H21N3O5S/c1-16-24(29-27(32)34-17(2)18-6-4-3-5-7-18)25(36-30-16)21-10-8-20-13-22(11-9-19(20)12-21)26-28-14-23(35-26)33-15-31/h3-15,17H,1-2H3,(H,29,32). The Labute approximate surface area is 210 Å². The number of carbonyl (C=O) groups excluding carboxylic acids is 2. The number of ether oxygens (including phenoxy) is 2. The molecule has 2 heterocycles. The van der Waals surface area contributed by atoms with Crippen LogP contribution < -0.4 is 10.1 Å². The molecule has 0 radical (unpaired) electrons. The molecule has 2 aromatic heterocycles. The van der Waals surface area contributed by atoms with Crippen LogP contribution in [0.15, 0.2) is 77.3 Å². The van der Waals surface area contributed by atoms with E-state index >= 15 is 0 Å². The minimum Gasteiger partial charge on any atom is -0.441 e. The van der Waals surface area contributed by atoms with E-state index in [0.29, 0.717) is 23.7 Å². The molecule has 0 bridgehead atoms. The van der Waals surface area contributed by atoms with E-state index in [4.69, 9.17) is 13.9 Å². The molecule has 0 saturated carbocycles. The van der Waals surface area contributed by atoms with Crippen molar-refractivity contribution in [1.82, 2.24) is 9.36 Å². The highest BCUT2D eigenvalue weighted by atomic mass is 32.1. The van der Waals surface area contributed by atoms with Gasteiger partial charge in [0, 0.05) is 5.56 Å². The SMILES string of the molecule is Cc1nsc(-c2ccc3cc(-c4ncc(OC=O)o4)ccc3c2)c1NC(=O)OC(C)c1ccccc1. The van der Waals surface area contributed by atoms with Crippen LogP contribution in [0.2, 0.25) is 0 Å². The molecule has 0 fully saturated rings. The van der Waals surface area contributed by atoms with Crippen molar-refractivity contribution >= 4 is 40.6 Å². The van der Waals surface area contributed by atoms with Crippen molar-refractivity contribution in [3.05, 3.63) is 84.2 Å². The van der Waals surface area contributed by atoms with Gasteiger partial charge in [-0.1, -0.05) is 48.5 Å².